The van der Waals surface area contributed by atoms with Crippen molar-refractivity contribution in [3.05, 3.63) is 33.8 Å². The van der Waals surface area contributed by atoms with Crippen molar-refractivity contribution in [2.75, 3.05) is 6.54 Å². The van der Waals surface area contributed by atoms with Crippen molar-refractivity contribution in [2.45, 2.75) is 33.2 Å². The van der Waals surface area contributed by atoms with Crippen LogP contribution in [0.1, 0.15) is 36.7 Å². The molecular weight excluding hydrogens is 310 g/mol. The summed E-state index contributed by atoms with van der Waals surface area (Å²) < 4.78 is 0.708. The Kier molecular flexibility index (Phi) is 4.74. The van der Waals surface area contributed by atoms with Crippen LogP contribution in [0, 0.1) is 6.92 Å². The predicted molar refractivity (Wildman–Crippen MR) is 77.3 cm³/mol. The van der Waals surface area contributed by atoms with Gasteiger partial charge < -0.3 is 10.0 Å². The average molecular weight is 328 g/mol. The summed E-state index contributed by atoms with van der Waals surface area (Å²) >= 11 is 3.39. The van der Waals surface area contributed by atoms with Gasteiger partial charge in [-0.25, -0.2) is 4.79 Å². The summed E-state index contributed by atoms with van der Waals surface area (Å²) in [5.41, 5.74) is 0.181. The van der Waals surface area contributed by atoms with Gasteiger partial charge in [0.25, 0.3) is 5.91 Å². The normalized spacial score (nSPS) is 11.2. The maximum absolute atomic E-state index is 12.5. The molecule has 104 valence electrons. The number of carbonyl (C=O) groups excluding carboxylic acids is 1. The number of aliphatic carboxylic acids is 1. The van der Waals surface area contributed by atoms with E-state index >= 15 is 0 Å². The second kappa shape index (κ2) is 5.74. The highest BCUT2D eigenvalue weighted by atomic mass is 79.9. The summed E-state index contributed by atoms with van der Waals surface area (Å²) in [6.07, 6.45) is 0. The first-order valence-corrected chi connectivity index (χ1v) is 6.83. The maximum atomic E-state index is 12.5. The second-order valence-electron chi connectivity index (χ2n) is 4.85. The van der Waals surface area contributed by atoms with Crippen molar-refractivity contribution >= 4 is 27.8 Å². The smallest absolute Gasteiger partial charge is 0.329 e. The number of benzene rings is 1. The monoisotopic (exact) mass is 327 g/mol. The number of aryl methyl sites for hydroxylation is 1. The topological polar surface area (TPSA) is 57.6 Å². The molecule has 0 saturated heterocycles. The third kappa shape index (κ3) is 2.97. The van der Waals surface area contributed by atoms with Gasteiger partial charge in [0.1, 0.15) is 5.54 Å². The number of nitrogens with zero attached hydrogens (tertiary/aromatic N) is 1. The molecule has 0 atom stereocenters. The fourth-order valence-corrected chi connectivity index (χ4v) is 2.30. The summed E-state index contributed by atoms with van der Waals surface area (Å²) in [4.78, 5) is 25.2. The summed E-state index contributed by atoms with van der Waals surface area (Å²) in [5.74, 6) is -1.31. The van der Waals surface area contributed by atoms with Gasteiger partial charge in [0.15, 0.2) is 0 Å². The largest absolute Gasteiger partial charge is 0.480 e. The van der Waals surface area contributed by atoms with E-state index in [-0.39, 0.29) is 5.91 Å². The summed E-state index contributed by atoms with van der Waals surface area (Å²) in [6, 6.07) is 5.37. The Labute approximate surface area is 121 Å². The number of hydrogen-bond donors (Lipinski definition) is 1. The van der Waals surface area contributed by atoms with Crippen LogP contribution in [0.5, 0.6) is 0 Å². The average Bonchev–Trinajstić information content (AvgIpc) is 2.32. The Morgan fingerprint density at radius 2 is 1.95 bits per heavy atom. The molecule has 0 aliphatic heterocycles. The fourth-order valence-electron chi connectivity index (χ4n) is 1.87. The Morgan fingerprint density at radius 1 is 1.37 bits per heavy atom. The van der Waals surface area contributed by atoms with Crippen molar-refractivity contribution in [2.24, 2.45) is 0 Å². The number of rotatable bonds is 4. The van der Waals surface area contributed by atoms with Gasteiger partial charge >= 0.3 is 5.97 Å². The van der Waals surface area contributed by atoms with Crippen LogP contribution in [0.2, 0.25) is 0 Å². The molecule has 5 heteroatoms. The zero-order chi connectivity index (χ0) is 14.8. The van der Waals surface area contributed by atoms with Crippen molar-refractivity contribution in [3.8, 4) is 0 Å². The first kappa shape index (κ1) is 15.7. The molecule has 1 aromatic rings. The van der Waals surface area contributed by atoms with E-state index in [0.717, 1.165) is 5.56 Å². The lowest BCUT2D eigenvalue weighted by Crippen LogP contribution is -2.53. The number of carbonyl (C=O) groups is 2. The van der Waals surface area contributed by atoms with E-state index in [4.69, 9.17) is 0 Å². The molecule has 0 radical (unpaired) electrons. The van der Waals surface area contributed by atoms with Gasteiger partial charge in [-0.05, 0) is 55.3 Å². The van der Waals surface area contributed by atoms with Gasteiger partial charge in [-0.1, -0.05) is 12.1 Å². The lowest BCUT2D eigenvalue weighted by Gasteiger charge is -2.34. The molecule has 19 heavy (non-hydrogen) atoms. The van der Waals surface area contributed by atoms with Gasteiger partial charge in [0.2, 0.25) is 0 Å². The van der Waals surface area contributed by atoms with Crippen molar-refractivity contribution in [3.63, 3.8) is 0 Å². The van der Waals surface area contributed by atoms with Crippen molar-refractivity contribution < 1.29 is 14.7 Å². The lowest BCUT2D eigenvalue weighted by molar-refractivity contribution is -0.147. The molecule has 0 saturated carbocycles. The van der Waals surface area contributed by atoms with Crippen LogP contribution >= 0.6 is 15.9 Å². The minimum absolute atomic E-state index is 0.287. The van der Waals surface area contributed by atoms with Crippen molar-refractivity contribution in [1.29, 1.82) is 0 Å². The van der Waals surface area contributed by atoms with Crippen molar-refractivity contribution in [1.82, 2.24) is 4.90 Å². The summed E-state index contributed by atoms with van der Waals surface area (Å²) in [7, 11) is 0. The second-order valence-corrected chi connectivity index (χ2v) is 5.64. The summed E-state index contributed by atoms with van der Waals surface area (Å²) in [6.45, 7) is 7.05. The van der Waals surface area contributed by atoms with E-state index in [1.807, 2.05) is 13.0 Å². The van der Waals surface area contributed by atoms with E-state index in [9.17, 15) is 14.7 Å². The molecule has 1 rings (SSSR count). The lowest BCUT2D eigenvalue weighted by atomic mass is 10.0. The quantitative estimate of drug-likeness (QED) is 0.924. The Bertz CT molecular complexity index is 511. The molecule has 0 bridgehead atoms. The van der Waals surface area contributed by atoms with Gasteiger partial charge in [-0.15, -0.1) is 0 Å². The van der Waals surface area contributed by atoms with Gasteiger partial charge in [-0.2, -0.15) is 0 Å². The van der Waals surface area contributed by atoms with Crippen LogP contribution in [0.3, 0.4) is 0 Å². The van der Waals surface area contributed by atoms with E-state index in [2.05, 4.69) is 15.9 Å². The van der Waals surface area contributed by atoms with Crippen LogP contribution in [0.15, 0.2) is 22.7 Å². The number of carboxylic acids is 1. The van der Waals surface area contributed by atoms with Gasteiger partial charge in [-0.3, -0.25) is 4.79 Å². The molecule has 0 aliphatic rings. The number of amides is 1. The van der Waals surface area contributed by atoms with E-state index in [1.165, 1.54) is 18.7 Å². The molecule has 0 aromatic heterocycles. The minimum Gasteiger partial charge on any atom is -0.480 e. The zero-order valence-corrected chi connectivity index (χ0v) is 13.1. The molecule has 1 amide bonds. The fraction of sp³-hybridized carbons (Fsp3) is 0.429. The Hall–Kier alpha value is -1.36. The van der Waals surface area contributed by atoms with Crippen LogP contribution < -0.4 is 0 Å². The Balaban J connectivity index is 3.24. The highest BCUT2D eigenvalue weighted by Crippen LogP contribution is 2.25. The third-order valence-corrected chi connectivity index (χ3v) is 4.23. The Morgan fingerprint density at radius 3 is 2.42 bits per heavy atom. The SMILES string of the molecule is CCN(C(=O)c1cccc(C)c1Br)C(C)(C)C(=O)O. The van der Waals surface area contributed by atoms with Crippen LogP contribution in [0.4, 0.5) is 0 Å². The number of likely N-dealkylation sites (N-methyl/N-ethyl adjacent to an activating group) is 1. The molecule has 0 heterocycles. The highest BCUT2D eigenvalue weighted by Gasteiger charge is 2.37. The number of carboxylic acid groups (broad SMARTS) is 1. The van der Waals surface area contributed by atoms with E-state index < -0.39 is 11.5 Å². The van der Waals surface area contributed by atoms with Gasteiger partial charge in [0, 0.05) is 11.0 Å². The molecular formula is C14H18BrNO3. The number of hydrogen-bond acceptors (Lipinski definition) is 2. The van der Waals surface area contributed by atoms with Crippen LogP contribution in [-0.4, -0.2) is 34.0 Å². The molecule has 0 fully saturated rings. The first-order chi connectivity index (χ1) is 8.73. The predicted octanol–water partition coefficient (Wildman–Crippen LogP) is 3.08. The molecule has 4 nitrogen and oxygen atoms in total. The zero-order valence-electron chi connectivity index (χ0n) is 11.5. The van der Waals surface area contributed by atoms with E-state index in [0.29, 0.717) is 16.6 Å². The van der Waals surface area contributed by atoms with Crippen LogP contribution in [0.25, 0.3) is 0 Å². The standard InChI is InChI=1S/C14H18BrNO3/c1-5-16(14(3,4)13(18)19)12(17)10-8-6-7-9(2)11(10)15/h6-8H,5H2,1-4H3,(H,18,19). The molecule has 0 aliphatic carbocycles. The minimum atomic E-state index is -1.24. The molecule has 1 aromatic carbocycles. The van der Waals surface area contributed by atoms with Gasteiger partial charge in [0.05, 0.1) is 5.56 Å². The van der Waals surface area contributed by atoms with Crippen LogP contribution in [-0.2, 0) is 4.79 Å². The summed E-state index contributed by atoms with van der Waals surface area (Å²) in [5, 5.41) is 9.26. The van der Waals surface area contributed by atoms with E-state index in [1.54, 1.807) is 19.1 Å². The maximum Gasteiger partial charge on any atom is 0.329 e. The number of halogens is 1. The molecule has 0 spiro atoms. The third-order valence-electron chi connectivity index (χ3n) is 3.18. The molecule has 0 unspecified atom stereocenters. The molecule has 1 N–H and O–H groups in total. The highest BCUT2D eigenvalue weighted by molar-refractivity contribution is 9.10. The first-order valence-electron chi connectivity index (χ1n) is 6.04.